The van der Waals surface area contributed by atoms with E-state index < -0.39 is 10.8 Å². The first-order valence-electron chi connectivity index (χ1n) is 4.83. The van der Waals surface area contributed by atoms with Crippen LogP contribution in [0.15, 0.2) is 22.4 Å². The van der Waals surface area contributed by atoms with Crippen LogP contribution in [-0.2, 0) is 10.8 Å². The number of methoxy groups -OCH3 is 1. The molecule has 0 amide bonds. The monoisotopic (exact) mass is 256 g/mol. The van der Waals surface area contributed by atoms with Crippen molar-refractivity contribution in [1.29, 1.82) is 0 Å². The van der Waals surface area contributed by atoms with Crippen LogP contribution < -0.4 is 4.74 Å². The average Bonchev–Trinajstić information content (AvgIpc) is 2.26. The molecule has 0 aromatic heterocycles. The number of hydrogen-bond acceptors (Lipinski definition) is 3. The highest BCUT2D eigenvalue weighted by atomic mass is 32.2. The highest BCUT2D eigenvalue weighted by molar-refractivity contribution is 8.16. The number of aryl methyl sites for hydroxylation is 1. The van der Waals surface area contributed by atoms with Gasteiger partial charge < -0.3 is 4.74 Å². The number of hydrogen-bond donors (Lipinski definition) is 0. The van der Waals surface area contributed by atoms with Gasteiger partial charge in [-0.1, -0.05) is 12.1 Å². The molecule has 0 aliphatic heterocycles. The van der Waals surface area contributed by atoms with Crippen molar-refractivity contribution in [2.24, 2.45) is 0 Å². The van der Waals surface area contributed by atoms with Crippen molar-refractivity contribution >= 4 is 28.6 Å². The van der Waals surface area contributed by atoms with Crippen LogP contribution in [-0.4, -0.2) is 23.8 Å². The predicted octanol–water partition coefficient (Wildman–Crippen LogP) is 3.04. The molecule has 1 aromatic carbocycles. The lowest BCUT2D eigenvalue weighted by Gasteiger charge is -2.09. The first kappa shape index (κ1) is 13.3. The molecule has 16 heavy (non-hydrogen) atoms. The maximum absolute atomic E-state index is 11.5. The highest BCUT2D eigenvalue weighted by Crippen LogP contribution is 2.27. The smallest absolute Gasteiger partial charge is 0.126 e. The number of benzene rings is 1. The maximum atomic E-state index is 11.5. The number of ether oxygens (including phenoxy) is 1. The summed E-state index contributed by atoms with van der Waals surface area (Å²) in [7, 11) is 0.693. The summed E-state index contributed by atoms with van der Waals surface area (Å²) in [6.45, 7) is 2.02. The Balaban J connectivity index is 3.26. The molecule has 0 saturated carbocycles. The van der Waals surface area contributed by atoms with Gasteiger partial charge in [0.2, 0.25) is 0 Å². The topological polar surface area (TPSA) is 26.3 Å². The Morgan fingerprint density at radius 2 is 2.19 bits per heavy atom. The van der Waals surface area contributed by atoms with E-state index in [1.54, 1.807) is 13.4 Å². The molecule has 0 radical (unpaired) electrons. The molecule has 1 aromatic rings. The summed E-state index contributed by atoms with van der Waals surface area (Å²) in [5, 5.41) is 0. The molecule has 0 saturated heterocycles. The van der Waals surface area contributed by atoms with Crippen LogP contribution in [0, 0.1) is 6.92 Å². The van der Waals surface area contributed by atoms with E-state index >= 15 is 0 Å². The third-order valence-corrected chi connectivity index (χ3v) is 4.66. The van der Waals surface area contributed by atoms with Crippen LogP contribution >= 0.6 is 11.8 Å². The van der Waals surface area contributed by atoms with Crippen LogP contribution in [0.3, 0.4) is 0 Å². The summed E-state index contributed by atoms with van der Waals surface area (Å²) in [4.78, 5) is 0. The molecule has 0 fully saturated rings. The van der Waals surface area contributed by atoms with Crippen molar-refractivity contribution in [3.63, 3.8) is 0 Å². The molecule has 1 atom stereocenters. The molecule has 0 aliphatic carbocycles. The fourth-order valence-electron chi connectivity index (χ4n) is 1.39. The van der Waals surface area contributed by atoms with E-state index in [-0.39, 0.29) is 0 Å². The normalized spacial score (nSPS) is 13.6. The fourth-order valence-corrected chi connectivity index (χ4v) is 2.85. The quantitative estimate of drug-likeness (QED) is 0.828. The SMILES string of the molecule is COc1cccc(C)c1/C=C(\SC)[S@@](C)=O. The van der Waals surface area contributed by atoms with Gasteiger partial charge in [-0.2, -0.15) is 0 Å². The van der Waals surface area contributed by atoms with Gasteiger partial charge in [0.15, 0.2) is 0 Å². The van der Waals surface area contributed by atoms with E-state index in [9.17, 15) is 4.21 Å². The van der Waals surface area contributed by atoms with Gasteiger partial charge in [-0.15, -0.1) is 11.8 Å². The van der Waals surface area contributed by atoms with E-state index in [1.807, 2.05) is 37.5 Å². The molecular formula is C12H16O2S2. The average molecular weight is 256 g/mol. The van der Waals surface area contributed by atoms with Gasteiger partial charge in [0.1, 0.15) is 5.75 Å². The van der Waals surface area contributed by atoms with Gasteiger partial charge in [0.25, 0.3) is 0 Å². The zero-order chi connectivity index (χ0) is 12.1. The molecule has 0 aliphatic rings. The van der Waals surface area contributed by atoms with E-state index in [0.29, 0.717) is 0 Å². The minimum absolute atomic E-state index is 0.817. The molecule has 0 bridgehead atoms. The second kappa shape index (κ2) is 6.11. The van der Waals surface area contributed by atoms with Crippen molar-refractivity contribution in [3.05, 3.63) is 33.6 Å². The van der Waals surface area contributed by atoms with Gasteiger partial charge in [-0.3, -0.25) is 4.21 Å². The number of rotatable bonds is 4. The Morgan fingerprint density at radius 3 is 2.69 bits per heavy atom. The molecule has 0 spiro atoms. The molecule has 4 heteroatoms. The Labute approximate surface area is 104 Å². The minimum Gasteiger partial charge on any atom is -0.496 e. The van der Waals surface area contributed by atoms with Crippen LogP contribution in [0.5, 0.6) is 5.75 Å². The van der Waals surface area contributed by atoms with Crippen molar-refractivity contribution in [3.8, 4) is 5.75 Å². The van der Waals surface area contributed by atoms with Gasteiger partial charge in [-0.05, 0) is 30.9 Å². The first-order chi connectivity index (χ1) is 7.60. The third kappa shape index (κ3) is 3.12. The zero-order valence-electron chi connectivity index (χ0n) is 9.94. The van der Waals surface area contributed by atoms with Gasteiger partial charge in [-0.25, -0.2) is 0 Å². The van der Waals surface area contributed by atoms with Crippen molar-refractivity contribution < 1.29 is 8.95 Å². The van der Waals surface area contributed by atoms with E-state index in [2.05, 4.69) is 0 Å². The van der Waals surface area contributed by atoms with Crippen molar-refractivity contribution in [2.45, 2.75) is 6.92 Å². The highest BCUT2D eigenvalue weighted by Gasteiger charge is 2.07. The summed E-state index contributed by atoms with van der Waals surface area (Å²) in [6.07, 6.45) is 5.56. The second-order valence-electron chi connectivity index (χ2n) is 3.31. The second-order valence-corrected chi connectivity index (χ2v) is 5.77. The van der Waals surface area contributed by atoms with Gasteiger partial charge >= 0.3 is 0 Å². The number of thioether (sulfide) groups is 1. The Hall–Kier alpha value is -0.740. The predicted molar refractivity (Wildman–Crippen MR) is 73.3 cm³/mol. The van der Waals surface area contributed by atoms with Crippen LogP contribution in [0.2, 0.25) is 0 Å². The minimum atomic E-state index is -0.954. The first-order valence-corrected chi connectivity index (χ1v) is 7.61. The summed E-state index contributed by atoms with van der Waals surface area (Å²) >= 11 is 1.51. The maximum Gasteiger partial charge on any atom is 0.126 e. The van der Waals surface area contributed by atoms with Gasteiger partial charge in [0.05, 0.1) is 22.1 Å². The lowest BCUT2D eigenvalue weighted by atomic mass is 10.1. The fraction of sp³-hybridized carbons (Fsp3) is 0.333. The molecular weight excluding hydrogens is 240 g/mol. The molecule has 0 heterocycles. The standard InChI is InChI=1S/C12H16O2S2/c1-9-6-5-7-11(14-2)10(9)8-12(15-3)16(4)13/h5-8H,1-4H3/b12-8+/t16-/m1/s1. The summed E-state index contributed by atoms with van der Waals surface area (Å²) < 4.78 is 17.6. The summed E-state index contributed by atoms with van der Waals surface area (Å²) in [5.41, 5.74) is 2.13. The van der Waals surface area contributed by atoms with Crippen LogP contribution in [0.1, 0.15) is 11.1 Å². The molecule has 2 nitrogen and oxygen atoms in total. The lowest BCUT2D eigenvalue weighted by molar-refractivity contribution is 0.413. The van der Waals surface area contributed by atoms with Crippen LogP contribution in [0.25, 0.3) is 6.08 Å². The Morgan fingerprint density at radius 1 is 1.50 bits per heavy atom. The van der Waals surface area contributed by atoms with Gasteiger partial charge in [0, 0.05) is 11.8 Å². The molecule has 1 rings (SSSR count). The Bertz CT molecular complexity index is 425. The largest absolute Gasteiger partial charge is 0.496 e. The lowest BCUT2D eigenvalue weighted by Crippen LogP contribution is -1.92. The van der Waals surface area contributed by atoms with Crippen LogP contribution in [0.4, 0.5) is 0 Å². The Kier molecular flexibility index (Phi) is 5.09. The summed E-state index contributed by atoms with van der Waals surface area (Å²) in [5.74, 6) is 0.817. The van der Waals surface area contributed by atoms with E-state index in [4.69, 9.17) is 4.74 Å². The van der Waals surface area contributed by atoms with E-state index in [0.717, 1.165) is 21.1 Å². The van der Waals surface area contributed by atoms with E-state index in [1.165, 1.54) is 11.8 Å². The van der Waals surface area contributed by atoms with Crippen molar-refractivity contribution in [1.82, 2.24) is 0 Å². The molecule has 0 unspecified atom stereocenters. The molecule has 0 N–H and O–H groups in total. The van der Waals surface area contributed by atoms with Crippen molar-refractivity contribution in [2.75, 3.05) is 19.6 Å². The third-order valence-electron chi connectivity index (χ3n) is 2.25. The zero-order valence-corrected chi connectivity index (χ0v) is 11.6. The summed E-state index contributed by atoms with van der Waals surface area (Å²) in [6, 6.07) is 5.88. The molecule has 88 valence electrons.